The molecule has 0 amide bonds. The van der Waals surface area contributed by atoms with Crippen LogP contribution in [0, 0.1) is 17.1 Å². The number of hydrogen-bond acceptors (Lipinski definition) is 9. The normalized spacial score (nSPS) is 26.1. The number of nitriles is 1. The lowest BCUT2D eigenvalue weighted by Crippen LogP contribution is -2.58. The van der Waals surface area contributed by atoms with Gasteiger partial charge in [-0.05, 0) is 37.6 Å². The summed E-state index contributed by atoms with van der Waals surface area (Å²) in [5.74, 6) is -0.269. The van der Waals surface area contributed by atoms with Crippen LogP contribution in [0.5, 0.6) is 0 Å². The van der Waals surface area contributed by atoms with Gasteiger partial charge >= 0.3 is 0 Å². The van der Waals surface area contributed by atoms with E-state index in [0.29, 0.717) is 43.0 Å². The van der Waals surface area contributed by atoms with Gasteiger partial charge in [0.15, 0.2) is 0 Å². The second-order valence-corrected chi connectivity index (χ2v) is 11.3. The summed E-state index contributed by atoms with van der Waals surface area (Å²) in [6.07, 6.45) is 4.46. The van der Waals surface area contributed by atoms with E-state index in [4.69, 9.17) is 10.5 Å². The van der Waals surface area contributed by atoms with Crippen molar-refractivity contribution >= 4 is 22.3 Å². The Morgan fingerprint density at radius 2 is 1.98 bits per heavy atom. The third kappa shape index (κ3) is 5.10. The molecule has 0 radical (unpaired) electrons. The van der Waals surface area contributed by atoms with Crippen molar-refractivity contribution < 1.29 is 9.13 Å². The predicted molar refractivity (Wildman–Crippen MR) is 154 cm³/mol. The van der Waals surface area contributed by atoms with Crippen molar-refractivity contribution in [1.29, 1.82) is 5.26 Å². The Morgan fingerprint density at radius 1 is 1.10 bits per heavy atom. The Balaban J connectivity index is 1.13. The Morgan fingerprint density at radius 3 is 2.75 bits per heavy atom. The van der Waals surface area contributed by atoms with Crippen molar-refractivity contribution in [2.45, 2.75) is 44.1 Å². The molecule has 0 saturated carbocycles. The lowest BCUT2D eigenvalue weighted by molar-refractivity contribution is 0.108. The second kappa shape index (κ2) is 11.3. The second-order valence-electron chi connectivity index (χ2n) is 11.3. The molecule has 3 aliphatic heterocycles. The third-order valence-corrected chi connectivity index (χ3v) is 8.86. The Kier molecular flexibility index (Phi) is 7.55. The summed E-state index contributed by atoms with van der Waals surface area (Å²) in [6, 6.07) is 12.5. The van der Waals surface area contributed by atoms with Gasteiger partial charge < -0.3 is 20.3 Å². The van der Waals surface area contributed by atoms with Crippen LogP contribution in [-0.2, 0) is 11.3 Å². The summed E-state index contributed by atoms with van der Waals surface area (Å²) in [7, 11) is 1.66. The molecule has 0 unspecified atom stereocenters. The summed E-state index contributed by atoms with van der Waals surface area (Å²) in [6.45, 7) is 8.59. The molecule has 3 aromatic rings. The summed E-state index contributed by atoms with van der Waals surface area (Å²) < 4.78 is 20.6. The smallest absolute Gasteiger partial charge is 0.148 e. The zero-order chi connectivity index (χ0) is 27.8. The number of hydrogen-bond donors (Lipinski definition) is 1. The van der Waals surface area contributed by atoms with Crippen LogP contribution in [0.15, 0.2) is 42.7 Å². The minimum atomic E-state index is -0.269. The molecule has 6 rings (SSSR count). The maximum atomic E-state index is 15.2. The van der Waals surface area contributed by atoms with Gasteiger partial charge in [-0.15, -0.1) is 0 Å². The topological polar surface area (TPSA) is 97.8 Å². The fourth-order valence-corrected chi connectivity index (χ4v) is 6.67. The van der Waals surface area contributed by atoms with Crippen molar-refractivity contribution in [2.24, 2.45) is 5.73 Å². The molecule has 2 aromatic heterocycles. The highest BCUT2D eigenvalue weighted by molar-refractivity contribution is 5.95. The molecule has 40 heavy (non-hydrogen) atoms. The zero-order valence-electron chi connectivity index (χ0n) is 23.2. The first-order chi connectivity index (χ1) is 19.4. The summed E-state index contributed by atoms with van der Waals surface area (Å²) in [5.41, 5.74) is 9.89. The number of nitrogens with zero attached hydrogens (tertiary/aromatic N) is 7. The highest BCUT2D eigenvalue weighted by Gasteiger charge is 2.35. The van der Waals surface area contributed by atoms with Gasteiger partial charge in [0.05, 0.1) is 40.8 Å². The van der Waals surface area contributed by atoms with E-state index in [1.807, 2.05) is 17.0 Å². The van der Waals surface area contributed by atoms with Gasteiger partial charge in [0, 0.05) is 94.9 Å². The maximum Gasteiger partial charge on any atom is 0.148 e. The van der Waals surface area contributed by atoms with Crippen LogP contribution >= 0.6 is 0 Å². The first-order valence-electron chi connectivity index (χ1n) is 14.1. The van der Waals surface area contributed by atoms with Gasteiger partial charge in [0.1, 0.15) is 11.9 Å². The van der Waals surface area contributed by atoms with Crippen LogP contribution in [0.3, 0.4) is 0 Å². The van der Waals surface area contributed by atoms with Crippen LogP contribution in [0.1, 0.15) is 24.6 Å². The van der Waals surface area contributed by atoms with Crippen molar-refractivity contribution in [3.05, 3.63) is 59.8 Å². The Labute approximate surface area is 234 Å². The number of ether oxygens (including phenoxy) is 1. The standard InChI is InChI=1S/C30H37FN8O/c1-20-15-38(28-6-5-21(13-32)30-24(28)4-3-8-34-30)16-22-7-9-36(10-11-39(20)22)18-27-25(31)12-23(14-35-27)37-17-26(33)29(19-37)40-2/h3-6,8,12,14,20,22,26,29H,7,9-11,15-19,33H2,1-2H3/t20-,22+,26-,29-/m1/s1. The molecule has 10 heteroatoms. The number of piperazine rings is 1. The van der Waals surface area contributed by atoms with Gasteiger partial charge in [-0.3, -0.25) is 19.8 Å². The van der Waals surface area contributed by atoms with Crippen LogP contribution in [0.25, 0.3) is 10.9 Å². The summed E-state index contributed by atoms with van der Waals surface area (Å²) in [4.78, 5) is 18.5. The molecule has 2 N–H and O–H groups in total. The van der Waals surface area contributed by atoms with E-state index in [0.717, 1.165) is 61.4 Å². The van der Waals surface area contributed by atoms with E-state index in [9.17, 15) is 5.26 Å². The molecule has 3 fully saturated rings. The van der Waals surface area contributed by atoms with Crippen LogP contribution in [0.2, 0.25) is 0 Å². The third-order valence-electron chi connectivity index (χ3n) is 8.86. The van der Waals surface area contributed by atoms with Crippen molar-refractivity contribution in [3.8, 4) is 6.07 Å². The van der Waals surface area contributed by atoms with E-state index in [2.05, 4.69) is 49.8 Å². The monoisotopic (exact) mass is 544 g/mol. The van der Waals surface area contributed by atoms with Crippen molar-refractivity contribution in [1.82, 2.24) is 19.8 Å². The molecule has 1 aromatic carbocycles. The number of rotatable bonds is 5. The summed E-state index contributed by atoms with van der Waals surface area (Å²) >= 11 is 0. The van der Waals surface area contributed by atoms with Gasteiger partial charge in [-0.1, -0.05) is 0 Å². The van der Waals surface area contributed by atoms with Crippen LogP contribution in [-0.4, -0.2) is 96.9 Å². The molecule has 3 saturated heterocycles. The van der Waals surface area contributed by atoms with Crippen molar-refractivity contribution in [2.75, 3.05) is 62.7 Å². The van der Waals surface area contributed by atoms with Gasteiger partial charge in [0.25, 0.3) is 0 Å². The SMILES string of the molecule is CO[C@@H]1CN(c2cnc(CN3CC[C@H]4CN(c5ccc(C#N)c6ncccc56)C[C@@H](C)N4CC3)c(F)c2)C[C@H]1N. The Hall–Kier alpha value is -3.36. The highest BCUT2D eigenvalue weighted by atomic mass is 19.1. The average Bonchev–Trinajstić information content (AvgIpc) is 3.22. The quantitative estimate of drug-likeness (QED) is 0.520. The van der Waals surface area contributed by atoms with Gasteiger partial charge in [-0.25, -0.2) is 4.39 Å². The molecule has 3 aliphatic rings. The molecule has 0 aliphatic carbocycles. The lowest BCUT2D eigenvalue weighted by atomic mass is 10.0. The van der Waals surface area contributed by atoms with E-state index < -0.39 is 0 Å². The van der Waals surface area contributed by atoms with Crippen LogP contribution < -0.4 is 15.5 Å². The molecule has 9 nitrogen and oxygen atoms in total. The molecular weight excluding hydrogens is 507 g/mol. The number of nitrogens with two attached hydrogens (primary N) is 1. The van der Waals surface area contributed by atoms with E-state index >= 15 is 4.39 Å². The number of benzene rings is 1. The van der Waals surface area contributed by atoms with E-state index in [-0.39, 0.29) is 18.0 Å². The molecule has 4 atom stereocenters. The number of methoxy groups -OCH3 is 1. The number of aromatic nitrogens is 2. The number of halogens is 1. The maximum absolute atomic E-state index is 15.2. The fourth-order valence-electron chi connectivity index (χ4n) is 6.67. The lowest BCUT2D eigenvalue weighted by Gasteiger charge is -2.46. The number of pyridine rings is 2. The largest absolute Gasteiger partial charge is 0.378 e. The van der Waals surface area contributed by atoms with Crippen molar-refractivity contribution in [3.63, 3.8) is 0 Å². The average molecular weight is 545 g/mol. The first kappa shape index (κ1) is 26.8. The van der Waals surface area contributed by atoms with Gasteiger partial charge in [-0.2, -0.15) is 5.26 Å². The van der Waals surface area contributed by atoms with Crippen LogP contribution in [0.4, 0.5) is 15.8 Å². The number of fused-ring (bicyclic) bond motifs is 2. The van der Waals surface area contributed by atoms with Gasteiger partial charge in [0.2, 0.25) is 0 Å². The predicted octanol–water partition coefficient (Wildman–Crippen LogP) is 2.59. The fraction of sp³-hybridized carbons (Fsp3) is 0.500. The number of anilines is 2. The minimum absolute atomic E-state index is 0.0519. The molecule has 0 bridgehead atoms. The Bertz CT molecular complexity index is 1410. The summed E-state index contributed by atoms with van der Waals surface area (Å²) in [5, 5.41) is 10.6. The minimum Gasteiger partial charge on any atom is -0.378 e. The molecule has 210 valence electrons. The van der Waals surface area contributed by atoms with E-state index in [1.165, 1.54) is 0 Å². The first-order valence-corrected chi connectivity index (χ1v) is 14.1. The zero-order valence-corrected chi connectivity index (χ0v) is 23.2. The van der Waals surface area contributed by atoms with E-state index in [1.54, 1.807) is 25.6 Å². The molecule has 5 heterocycles. The highest BCUT2D eigenvalue weighted by Crippen LogP contribution is 2.32. The molecule has 0 spiro atoms. The molecular formula is C30H37FN8O.